The van der Waals surface area contributed by atoms with Crippen LogP contribution in [-0.4, -0.2) is 22.8 Å². The Labute approximate surface area is 106 Å². The number of anilines is 2. The smallest absolute Gasteiger partial charge is 0.191 e. The topological polar surface area (TPSA) is 75.9 Å². The number of nitrogens with two attached hydrogens (primary N) is 1. The van der Waals surface area contributed by atoms with Crippen molar-refractivity contribution in [2.45, 2.75) is 30.8 Å². The number of thioether (sulfide) groups is 1. The van der Waals surface area contributed by atoms with E-state index in [2.05, 4.69) is 20.7 Å². The lowest BCUT2D eigenvalue weighted by atomic mass is 9.83. The second kappa shape index (κ2) is 6.07. The van der Waals surface area contributed by atoms with Crippen molar-refractivity contribution in [2.24, 2.45) is 11.8 Å². The summed E-state index contributed by atoms with van der Waals surface area (Å²) in [6, 6.07) is 1.83. The molecule has 1 saturated carbocycles. The fourth-order valence-electron chi connectivity index (χ4n) is 1.87. The SMILES string of the molecule is CSc1nc(NN)cc(NCCC2CCC2)n1. The van der Waals surface area contributed by atoms with Gasteiger partial charge in [-0.3, -0.25) is 0 Å². The predicted octanol–water partition coefficient (Wildman–Crippen LogP) is 2.09. The highest BCUT2D eigenvalue weighted by molar-refractivity contribution is 7.98. The summed E-state index contributed by atoms with van der Waals surface area (Å²) < 4.78 is 0. The molecule has 5 nitrogen and oxygen atoms in total. The molecule has 6 heteroatoms. The number of nitrogens with zero attached hydrogens (tertiary/aromatic N) is 2. The molecular weight excluding hydrogens is 234 g/mol. The minimum atomic E-state index is 0.649. The quantitative estimate of drug-likeness (QED) is 0.312. The van der Waals surface area contributed by atoms with Gasteiger partial charge in [0, 0.05) is 12.6 Å². The van der Waals surface area contributed by atoms with Gasteiger partial charge < -0.3 is 10.7 Å². The van der Waals surface area contributed by atoms with Gasteiger partial charge in [-0.05, 0) is 18.6 Å². The Bertz CT molecular complexity index is 345. The zero-order valence-corrected chi connectivity index (χ0v) is 10.9. The first-order valence-corrected chi connectivity index (χ1v) is 7.18. The second-order valence-electron chi connectivity index (χ2n) is 4.28. The highest BCUT2D eigenvalue weighted by Gasteiger charge is 2.16. The van der Waals surface area contributed by atoms with Gasteiger partial charge in [0.2, 0.25) is 0 Å². The largest absolute Gasteiger partial charge is 0.370 e. The summed E-state index contributed by atoms with van der Waals surface area (Å²) in [4.78, 5) is 8.60. The molecule has 1 fully saturated rings. The molecule has 1 heterocycles. The molecule has 1 aliphatic rings. The van der Waals surface area contributed by atoms with Crippen LogP contribution < -0.4 is 16.6 Å². The molecule has 0 spiro atoms. The van der Waals surface area contributed by atoms with E-state index in [-0.39, 0.29) is 0 Å². The first-order chi connectivity index (χ1) is 8.31. The maximum atomic E-state index is 5.37. The summed E-state index contributed by atoms with van der Waals surface area (Å²) in [5, 5.41) is 4.06. The van der Waals surface area contributed by atoms with Gasteiger partial charge in [-0.15, -0.1) is 0 Å². The van der Waals surface area contributed by atoms with Gasteiger partial charge in [0.05, 0.1) is 0 Å². The third kappa shape index (κ3) is 3.47. The van der Waals surface area contributed by atoms with Crippen molar-refractivity contribution in [1.82, 2.24) is 9.97 Å². The van der Waals surface area contributed by atoms with Crippen LogP contribution in [0.2, 0.25) is 0 Å². The van der Waals surface area contributed by atoms with Gasteiger partial charge in [-0.1, -0.05) is 31.0 Å². The molecule has 17 heavy (non-hydrogen) atoms. The van der Waals surface area contributed by atoms with E-state index in [0.717, 1.165) is 23.4 Å². The minimum Gasteiger partial charge on any atom is -0.370 e. The van der Waals surface area contributed by atoms with Crippen molar-refractivity contribution in [3.8, 4) is 0 Å². The van der Waals surface area contributed by atoms with Crippen molar-refractivity contribution in [3.63, 3.8) is 0 Å². The molecule has 0 unspecified atom stereocenters. The average molecular weight is 253 g/mol. The van der Waals surface area contributed by atoms with Crippen molar-refractivity contribution >= 4 is 23.4 Å². The zero-order valence-electron chi connectivity index (χ0n) is 10.1. The molecule has 2 rings (SSSR count). The molecule has 0 aromatic carbocycles. The van der Waals surface area contributed by atoms with Crippen LogP contribution in [0.1, 0.15) is 25.7 Å². The summed E-state index contributed by atoms with van der Waals surface area (Å²) in [6.07, 6.45) is 7.35. The summed E-state index contributed by atoms with van der Waals surface area (Å²) in [6.45, 7) is 0.972. The van der Waals surface area contributed by atoms with E-state index in [0.29, 0.717) is 5.82 Å². The zero-order chi connectivity index (χ0) is 12.1. The van der Waals surface area contributed by atoms with E-state index in [1.165, 1.54) is 37.4 Å². The Kier molecular flexibility index (Phi) is 4.44. The lowest BCUT2D eigenvalue weighted by Crippen LogP contribution is -2.16. The average Bonchev–Trinajstić information content (AvgIpc) is 2.31. The number of hydrogen-bond donors (Lipinski definition) is 3. The molecule has 1 aliphatic carbocycles. The van der Waals surface area contributed by atoms with E-state index in [1.807, 2.05) is 12.3 Å². The van der Waals surface area contributed by atoms with Gasteiger partial charge in [0.1, 0.15) is 11.6 Å². The van der Waals surface area contributed by atoms with E-state index < -0.39 is 0 Å². The first-order valence-electron chi connectivity index (χ1n) is 5.95. The number of aromatic nitrogens is 2. The highest BCUT2D eigenvalue weighted by Crippen LogP contribution is 2.29. The van der Waals surface area contributed by atoms with Gasteiger partial charge in [0.15, 0.2) is 5.16 Å². The summed E-state index contributed by atoms with van der Waals surface area (Å²) >= 11 is 1.51. The third-order valence-electron chi connectivity index (χ3n) is 3.12. The van der Waals surface area contributed by atoms with Gasteiger partial charge in [-0.2, -0.15) is 0 Å². The van der Waals surface area contributed by atoms with Crippen molar-refractivity contribution < 1.29 is 0 Å². The number of nitrogens with one attached hydrogen (secondary N) is 2. The monoisotopic (exact) mass is 253 g/mol. The van der Waals surface area contributed by atoms with Gasteiger partial charge >= 0.3 is 0 Å². The lowest BCUT2D eigenvalue weighted by Gasteiger charge is -2.25. The van der Waals surface area contributed by atoms with Crippen LogP contribution in [-0.2, 0) is 0 Å². The first kappa shape index (κ1) is 12.4. The Morgan fingerprint density at radius 1 is 1.41 bits per heavy atom. The number of hydrazine groups is 1. The molecule has 4 N–H and O–H groups in total. The van der Waals surface area contributed by atoms with E-state index in [1.54, 1.807) is 0 Å². The van der Waals surface area contributed by atoms with E-state index in [4.69, 9.17) is 5.84 Å². The van der Waals surface area contributed by atoms with Crippen molar-refractivity contribution in [3.05, 3.63) is 6.07 Å². The minimum absolute atomic E-state index is 0.649. The van der Waals surface area contributed by atoms with E-state index >= 15 is 0 Å². The molecule has 0 atom stereocenters. The molecule has 0 radical (unpaired) electrons. The number of nitrogen functional groups attached to an aromatic ring is 1. The molecule has 1 aromatic heterocycles. The Balaban J connectivity index is 1.89. The van der Waals surface area contributed by atoms with Crippen molar-refractivity contribution in [1.29, 1.82) is 0 Å². The normalized spacial score (nSPS) is 15.4. The Morgan fingerprint density at radius 3 is 2.76 bits per heavy atom. The van der Waals surface area contributed by atoms with Crippen LogP contribution in [0, 0.1) is 5.92 Å². The molecule has 94 valence electrons. The summed E-state index contributed by atoms with van der Waals surface area (Å²) in [5.41, 5.74) is 2.56. The van der Waals surface area contributed by atoms with Gasteiger partial charge in [0.25, 0.3) is 0 Å². The summed E-state index contributed by atoms with van der Waals surface area (Å²) in [5.74, 6) is 7.78. The maximum absolute atomic E-state index is 5.37. The molecule has 0 amide bonds. The third-order valence-corrected chi connectivity index (χ3v) is 3.67. The second-order valence-corrected chi connectivity index (χ2v) is 5.06. The van der Waals surface area contributed by atoms with Crippen LogP contribution in [0.3, 0.4) is 0 Å². The maximum Gasteiger partial charge on any atom is 0.191 e. The van der Waals surface area contributed by atoms with Crippen LogP contribution in [0.15, 0.2) is 11.2 Å². The molecule has 1 aromatic rings. The molecule has 0 saturated heterocycles. The van der Waals surface area contributed by atoms with Crippen molar-refractivity contribution in [2.75, 3.05) is 23.5 Å². The Morgan fingerprint density at radius 2 is 2.18 bits per heavy atom. The molecular formula is C11H19N5S. The van der Waals surface area contributed by atoms with Crippen LogP contribution in [0.5, 0.6) is 0 Å². The van der Waals surface area contributed by atoms with Crippen LogP contribution in [0.25, 0.3) is 0 Å². The van der Waals surface area contributed by atoms with Gasteiger partial charge in [-0.25, -0.2) is 15.8 Å². The lowest BCUT2D eigenvalue weighted by molar-refractivity contribution is 0.303. The molecule has 0 aliphatic heterocycles. The fraction of sp³-hybridized carbons (Fsp3) is 0.636. The summed E-state index contributed by atoms with van der Waals surface area (Å²) in [7, 11) is 0. The number of rotatable bonds is 6. The van der Waals surface area contributed by atoms with E-state index in [9.17, 15) is 0 Å². The predicted molar refractivity (Wildman–Crippen MR) is 72.1 cm³/mol. The fourth-order valence-corrected chi connectivity index (χ4v) is 2.25. The highest BCUT2D eigenvalue weighted by atomic mass is 32.2. The van der Waals surface area contributed by atoms with Crippen LogP contribution >= 0.6 is 11.8 Å². The standard InChI is InChI=1S/C11H19N5S/c1-17-11-14-9(7-10(15-11)16-12)13-6-5-8-3-2-4-8/h7-8H,2-6,12H2,1H3,(H2,13,14,15,16). The Hall–Kier alpha value is -1.01. The molecule has 0 bridgehead atoms. The van der Waals surface area contributed by atoms with Crippen LogP contribution in [0.4, 0.5) is 11.6 Å². The number of hydrogen-bond acceptors (Lipinski definition) is 6.